The van der Waals surface area contributed by atoms with Gasteiger partial charge in [-0.05, 0) is 62.6 Å². The number of carbonyl (C=O) groups excluding carboxylic acids is 1. The normalized spacial score (nSPS) is 21.3. The second kappa shape index (κ2) is 10.8. The average molecular weight is 311 g/mol. The summed E-state index contributed by atoms with van der Waals surface area (Å²) < 4.78 is 0. The smallest absolute Gasteiger partial charge is 0.224 e. The molecule has 0 aromatic heterocycles. The van der Waals surface area contributed by atoms with E-state index in [1.165, 1.54) is 24.8 Å². The van der Waals surface area contributed by atoms with E-state index >= 15 is 0 Å². The van der Waals surface area contributed by atoms with Gasteiger partial charge in [0.1, 0.15) is 0 Å². The molecule has 1 N–H and O–H groups in total. The maximum absolute atomic E-state index is 12.0. The van der Waals surface area contributed by atoms with Crippen molar-refractivity contribution in [2.24, 2.45) is 0 Å². The molecular formula is C21H29NO. The minimum atomic E-state index is 0.139. The molecule has 0 saturated carbocycles. The molecule has 1 amide bonds. The van der Waals surface area contributed by atoms with Crippen molar-refractivity contribution >= 4 is 11.6 Å². The Morgan fingerprint density at radius 3 is 2.35 bits per heavy atom. The van der Waals surface area contributed by atoms with Gasteiger partial charge in [0.15, 0.2) is 0 Å². The first-order valence-electron chi connectivity index (χ1n) is 9.03. The maximum Gasteiger partial charge on any atom is 0.224 e. The Kier molecular flexibility index (Phi) is 8.25. The maximum atomic E-state index is 12.0. The predicted molar refractivity (Wildman–Crippen MR) is 98.6 cm³/mol. The fourth-order valence-corrected chi connectivity index (χ4v) is 2.84. The van der Waals surface area contributed by atoms with Gasteiger partial charge in [-0.3, -0.25) is 4.79 Å². The van der Waals surface area contributed by atoms with E-state index in [0.717, 1.165) is 44.2 Å². The van der Waals surface area contributed by atoms with Gasteiger partial charge in [0, 0.05) is 12.1 Å². The van der Waals surface area contributed by atoms with Gasteiger partial charge in [0.25, 0.3) is 0 Å². The number of hydrogen-bond acceptors (Lipinski definition) is 1. The molecule has 0 spiro atoms. The van der Waals surface area contributed by atoms with Crippen molar-refractivity contribution in [2.45, 2.75) is 64.2 Å². The topological polar surface area (TPSA) is 29.1 Å². The molecule has 1 aromatic carbocycles. The molecule has 23 heavy (non-hydrogen) atoms. The van der Waals surface area contributed by atoms with E-state index in [-0.39, 0.29) is 5.91 Å². The first kappa shape index (κ1) is 17.5. The molecule has 1 aliphatic rings. The zero-order valence-corrected chi connectivity index (χ0v) is 14.1. The molecule has 0 saturated heterocycles. The Labute approximate surface area is 140 Å². The SMILES string of the molecule is O=C1CCCCCC/C=C/CC/C=C\CCc2cccc(c2)N1. The van der Waals surface area contributed by atoms with Crippen molar-refractivity contribution in [1.29, 1.82) is 0 Å². The first-order chi connectivity index (χ1) is 11.3. The number of rotatable bonds is 0. The Hall–Kier alpha value is -1.83. The molecule has 2 heteroatoms. The number of fused-ring (bicyclic) bond motifs is 2. The quantitative estimate of drug-likeness (QED) is 0.602. The van der Waals surface area contributed by atoms with E-state index < -0.39 is 0 Å². The van der Waals surface area contributed by atoms with Crippen molar-refractivity contribution in [3.05, 3.63) is 54.1 Å². The summed E-state index contributed by atoms with van der Waals surface area (Å²) in [6, 6.07) is 8.24. The first-order valence-corrected chi connectivity index (χ1v) is 9.03. The number of nitrogens with one attached hydrogen (secondary N) is 1. The van der Waals surface area contributed by atoms with Gasteiger partial charge >= 0.3 is 0 Å². The zero-order valence-electron chi connectivity index (χ0n) is 14.1. The Balaban J connectivity index is 1.92. The Morgan fingerprint density at radius 2 is 1.48 bits per heavy atom. The summed E-state index contributed by atoms with van der Waals surface area (Å²) in [4.78, 5) is 12.0. The highest BCUT2D eigenvalue weighted by Crippen LogP contribution is 2.14. The van der Waals surface area contributed by atoms with Gasteiger partial charge < -0.3 is 5.32 Å². The van der Waals surface area contributed by atoms with Crippen molar-refractivity contribution in [1.82, 2.24) is 0 Å². The lowest BCUT2D eigenvalue weighted by Crippen LogP contribution is -2.11. The van der Waals surface area contributed by atoms with Gasteiger partial charge in [0.05, 0.1) is 0 Å². The van der Waals surface area contributed by atoms with Crippen LogP contribution in [0.4, 0.5) is 5.69 Å². The Bertz CT molecular complexity index is 530. The number of allylic oxidation sites excluding steroid dienone is 4. The zero-order chi connectivity index (χ0) is 16.2. The minimum Gasteiger partial charge on any atom is -0.326 e. The van der Waals surface area contributed by atoms with Crippen molar-refractivity contribution in [2.75, 3.05) is 5.32 Å². The molecule has 2 bridgehead atoms. The van der Waals surface area contributed by atoms with Gasteiger partial charge in [-0.1, -0.05) is 49.3 Å². The van der Waals surface area contributed by atoms with Crippen molar-refractivity contribution < 1.29 is 4.79 Å². The molecule has 0 unspecified atom stereocenters. The van der Waals surface area contributed by atoms with Gasteiger partial charge in [-0.15, -0.1) is 0 Å². The van der Waals surface area contributed by atoms with Crippen LogP contribution >= 0.6 is 0 Å². The van der Waals surface area contributed by atoms with E-state index in [0.29, 0.717) is 6.42 Å². The Morgan fingerprint density at radius 1 is 0.739 bits per heavy atom. The molecule has 2 nitrogen and oxygen atoms in total. The molecule has 0 fully saturated rings. The van der Waals surface area contributed by atoms with Crippen LogP contribution in [0.25, 0.3) is 0 Å². The number of benzene rings is 1. The van der Waals surface area contributed by atoms with Gasteiger partial charge in [-0.25, -0.2) is 0 Å². The molecule has 0 aliphatic carbocycles. The third kappa shape index (κ3) is 7.83. The highest BCUT2D eigenvalue weighted by atomic mass is 16.1. The standard InChI is InChI=1S/C21H29NO/c23-21-17-12-10-8-6-4-2-1-3-5-7-9-11-14-19-15-13-16-20(18-19)22-21/h1-2,7,9,13,15-16,18H,3-6,8,10-12,14,17H2,(H,22,23)/b2-1+,9-7-. The molecule has 1 aliphatic heterocycles. The lowest BCUT2D eigenvalue weighted by Gasteiger charge is -2.07. The summed E-state index contributed by atoms with van der Waals surface area (Å²) in [6.45, 7) is 0. The molecular weight excluding hydrogens is 282 g/mol. The summed E-state index contributed by atoms with van der Waals surface area (Å²) >= 11 is 0. The fourth-order valence-electron chi connectivity index (χ4n) is 2.84. The number of carbonyl (C=O) groups is 1. The molecule has 1 aromatic rings. The highest BCUT2D eigenvalue weighted by molar-refractivity contribution is 5.90. The number of anilines is 1. The lowest BCUT2D eigenvalue weighted by atomic mass is 10.1. The van der Waals surface area contributed by atoms with E-state index in [1.807, 2.05) is 12.1 Å². The number of amides is 1. The van der Waals surface area contributed by atoms with E-state index in [9.17, 15) is 4.79 Å². The minimum absolute atomic E-state index is 0.139. The van der Waals surface area contributed by atoms with Gasteiger partial charge in [0.2, 0.25) is 5.91 Å². The molecule has 1 heterocycles. The monoisotopic (exact) mass is 311 g/mol. The van der Waals surface area contributed by atoms with Crippen LogP contribution in [0.2, 0.25) is 0 Å². The van der Waals surface area contributed by atoms with Crippen molar-refractivity contribution in [3.8, 4) is 0 Å². The van der Waals surface area contributed by atoms with Crippen LogP contribution in [0.15, 0.2) is 48.6 Å². The summed E-state index contributed by atoms with van der Waals surface area (Å²) in [7, 11) is 0. The third-order valence-corrected chi connectivity index (χ3v) is 4.17. The molecule has 0 radical (unpaired) electrons. The lowest BCUT2D eigenvalue weighted by molar-refractivity contribution is -0.116. The van der Waals surface area contributed by atoms with Crippen LogP contribution < -0.4 is 5.32 Å². The third-order valence-electron chi connectivity index (χ3n) is 4.17. The van der Waals surface area contributed by atoms with Gasteiger partial charge in [-0.2, -0.15) is 0 Å². The summed E-state index contributed by atoms with van der Waals surface area (Å²) in [5, 5.41) is 3.03. The average Bonchev–Trinajstić information content (AvgIpc) is 2.55. The number of hydrogen-bond donors (Lipinski definition) is 1. The van der Waals surface area contributed by atoms with Crippen LogP contribution in [0.5, 0.6) is 0 Å². The van der Waals surface area contributed by atoms with E-state index in [1.54, 1.807) is 0 Å². The van der Waals surface area contributed by atoms with Crippen LogP contribution in [0.3, 0.4) is 0 Å². The van der Waals surface area contributed by atoms with Crippen LogP contribution in [-0.2, 0) is 11.2 Å². The fraction of sp³-hybridized carbons (Fsp3) is 0.476. The summed E-state index contributed by atoms with van der Waals surface area (Å²) in [5.74, 6) is 0.139. The van der Waals surface area contributed by atoms with Crippen LogP contribution in [0.1, 0.15) is 63.4 Å². The van der Waals surface area contributed by atoms with Crippen molar-refractivity contribution in [3.63, 3.8) is 0 Å². The second-order valence-corrected chi connectivity index (χ2v) is 6.26. The molecule has 2 rings (SSSR count). The van der Waals surface area contributed by atoms with Crippen LogP contribution in [-0.4, -0.2) is 5.91 Å². The molecule has 124 valence electrons. The summed E-state index contributed by atoms with van der Waals surface area (Å²) in [5.41, 5.74) is 2.21. The van der Waals surface area contributed by atoms with Crippen LogP contribution in [0, 0.1) is 0 Å². The largest absolute Gasteiger partial charge is 0.326 e. The highest BCUT2D eigenvalue weighted by Gasteiger charge is 2.03. The number of aryl methyl sites for hydroxylation is 1. The second-order valence-electron chi connectivity index (χ2n) is 6.26. The molecule has 0 atom stereocenters. The van der Waals surface area contributed by atoms with E-state index in [2.05, 4.69) is 41.8 Å². The predicted octanol–water partition coefficient (Wildman–Crippen LogP) is 5.80. The van der Waals surface area contributed by atoms with E-state index in [4.69, 9.17) is 0 Å². The summed E-state index contributed by atoms with van der Waals surface area (Å²) in [6.07, 6.45) is 19.9.